The first-order chi connectivity index (χ1) is 12.1. The quantitative estimate of drug-likeness (QED) is 0.664. The highest BCUT2D eigenvalue weighted by Crippen LogP contribution is 2.39. The van der Waals surface area contributed by atoms with Gasteiger partial charge in [0.2, 0.25) is 0 Å². The molecular weight excluding hydrogens is 340 g/mol. The van der Waals surface area contributed by atoms with Crippen molar-refractivity contribution in [2.75, 3.05) is 14.2 Å². The number of ketones is 1. The molecule has 0 N–H and O–H groups in total. The van der Waals surface area contributed by atoms with Crippen molar-refractivity contribution >= 4 is 23.3 Å². The van der Waals surface area contributed by atoms with Crippen LogP contribution in [-0.4, -0.2) is 44.8 Å². The van der Waals surface area contributed by atoms with Gasteiger partial charge in [0.15, 0.2) is 17.3 Å². The van der Waals surface area contributed by atoms with E-state index in [1.807, 2.05) is 19.1 Å². The Hall–Kier alpha value is -2.61. The second-order valence-electron chi connectivity index (χ2n) is 5.75. The van der Waals surface area contributed by atoms with Crippen LogP contribution >= 0.6 is 11.8 Å². The van der Waals surface area contributed by atoms with Crippen LogP contribution in [0.25, 0.3) is 5.78 Å². The van der Waals surface area contributed by atoms with Gasteiger partial charge in [0.25, 0.3) is 5.78 Å². The van der Waals surface area contributed by atoms with Gasteiger partial charge >= 0.3 is 0 Å². The lowest BCUT2D eigenvalue weighted by Crippen LogP contribution is -2.12. The maximum absolute atomic E-state index is 12.9. The number of nitrogens with zero attached hydrogens (tertiary/aromatic N) is 4. The zero-order valence-electron chi connectivity index (χ0n) is 14.0. The van der Waals surface area contributed by atoms with E-state index in [4.69, 9.17) is 9.47 Å². The number of hydrogen-bond donors (Lipinski definition) is 0. The van der Waals surface area contributed by atoms with Crippen LogP contribution in [0.5, 0.6) is 11.5 Å². The van der Waals surface area contributed by atoms with E-state index in [9.17, 15) is 4.79 Å². The third-order valence-electron chi connectivity index (χ3n) is 4.18. The molecule has 25 heavy (non-hydrogen) atoms. The summed E-state index contributed by atoms with van der Waals surface area (Å²) in [7, 11) is 3.16. The Labute approximate surface area is 148 Å². The highest BCUT2D eigenvalue weighted by Gasteiger charge is 2.33. The van der Waals surface area contributed by atoms with Gasteiger partial charge in [0.05, 0.1) is 19.5 Å². The molecule has 1 aliphatic carbocycles. The van der Waals surface area contributed by atoms with E-state index >= 15 is 0 Å². The van der Waals surface area contributed by atoms with Gasteiger partial charge in [-0.1, -0.05) is 11.8 Å². The minimum Gasteiger partial charge on any atom is -0.493 e. The van der Waals surface area contributed by atoms with Crippen molar-refractivity contribution in [2.45, 2.75) is 23.6 Å². The van der Waals surface area contributed by atoms with Crippen molar-refractivity contribution in [3.8, 4) is 11.5 Å². The number of thioether (sulfide) groups is 1. The molecular formula is C17H16N4O3S. The predicted octanol–water partition coefficient (Wildman–Crippen LogP) is 2.35. The number of methoxy groups -OCH3 is 2. The predicted molar refractivity (Wildman–Crippen MR) is 92.7 cm³/mol. The third-order valence-corrected chi connectivity index (χ3v) is 5.38. The Morgan fingerprint density at radius 3 is 2.72 bits per heavy atom. The molecule has 128 valence electrons. The Morgan fingerprint density at radius 1 is 1.20 bits per heavy atom. The summed E-state index contributed by atoms with van der Waals surface area (Å²) in [5.74, 6) is 1.83. The Morgan fingerprint density at radius 2 is 1.96 bits per heavy atom. The molecule has 0 fully saturated rings. The second-order valence-corrected chi connectivity index (χ2v) is 6.97. The molecule has 3 aromatic rings. The molecule has 2 aromatic heterocycles. The van der Waals surface area contributed by atoms with Gasteiger partial charge in [-0.05, 0) is 37.1 Å². The number of Topliss-reactive ketones (excluding diaryl/α,β-unsaturated/α-hetero) is 1. The van der Waals surface area contributed by atoms with Gasteiger partial charge < -0.3 is 9.47 Å². The molecule has 8 heteroatoms. The summed E-state index contributed by atoms with van der Waals surface area (Å²) in [6, 6.07) is 5.57. The van der Waals surface area contributed by atoms with E-state index in [0.29, 0.717) is 29.3 Å². The number of benzene rings is 1. The summed E-state index contributed by atoms with van der Waals surface area (Å²) in [6.45, 7) is 1.90. The molecule has 0 bridgehead atoms. The molecule has 0 spiro atoms. The number of hydrogen-bond acceptors (Lipinski definition) is 7. The molecule has 1 aromatic carbocycles. The Bertz CT molecular complexity index is 985. The van der Waals surface area contributed by atoms with E-state index in [2.05, 4.69) is 15.1 Å². The van der Waals surface area contributed by atoms with Crippen molar-refractivity contribution in [1.82, 2.24) is 19.6 Å². The van der Waals surface area contributed by atoms with Crippen molar-refractivity contribution in [3.05, 3.63) is 41.3 Å². The molecule has 1 atom stereocenters. The molecule has 0 amide bonds. The van der Waals surface area contributed by atoms with Crippen LogP contribution in [0.15, 0.2) is 29.6 Å². The zero-order valence-corrected chi connectivity index (χ0v) is 14.8. The average Bonchev–Trinajstić information content (AvgIpc) is 3.18. The van der Waals surface area contributed by atoms with Crippen molar-refractivity contribution < 1.29 is 14.3 Å². The normalized spacial score (nSPS) is 16.3. The van der Waals surface area contributed by atoms with Gasteiger partial charge in [-0.3, -0.25) is 4.79 Å². The van der Waals surface area contributed by atoms with E-state index in [-0.39, 0.29) is 11.0 Å². The maximum atomic E-state index is 12.9. The first-order valence-corrected chi connectivity index (χ1v) is 8.62. The van der Waals surface area contributed by atoms with Gasteiger partial charge in [0, 0.05) is 11.3 Å². The summed E-state index contributed by atoms with van der Waals surface area (Å²) in [6.07, 6.45) is 2.10. The van der Waals surface area contributed by atoms with Crippen LogP contribution in [0, 0.1) is 6.92 Å². The number of carbonyl (C=O) groups excluding carboxylic acids is 1. The van der Waals surface area contributed by atoms with Gasteiger partial charge in [-0.25, -0.2) is 4.98 Å². The van der Waals surface area contributed by atoms with E-state index in [1.165, 1.54) is 18.1 Å². The molecule has 0 aliphatic heterocycles. The van der Waals surface area contributed by atoms with Gasteiger partial charge in [-0.2, -0.15) is 14.6 Å². The molecule has 0 saturated heterocycles. The fraction of sp³-hybridized carbons (Fsp3) is 0.294. The highest BCUT2D eigenvalue weighted by atomic mass is 32.2. The first kappa shape index (κ1) is 15.9. The summed E-state index contributed by atoms with van der Waals surface area (Å²) < 4.78 is 12.3. The minimum atomic E-state index is -0.221. The topological polar surface area (TPSA) is 78.6 Å². The number of rotatable bonds is 4. The largest absolute Gasteiger partial charge is 0.493 e. The highest BCUT2D eigenvalue weighted by molar-refractivity contribution is 8.00. The lowest BCUT2D eigenvalue weighted by molar-refractivity contribution is 0.1000. The molecule has 4 rings (SSSR count). The Kier molecular flexibility index (Phi) is 3.84. The van der Waals surface area contributed by atoms with Crippen molar-refractivity contribution in [1.29, 1.82) is 0 Å². The molecule has 1 aliphatic rings. The molecule has 0 radical (unpaired) electrons. The van der Waals surface area contributed by atoms with Crippen molar-refractivity contribution in [3.63, 3.8) is 0 Å². The lowest BCUT2D eigenvalue weighted by atomic mass is 10.1. The maximum Gasteiger partial charge on any atom is 0.253 e. The van der Waals surface area contributed by atoms with Crippen LogP contribution in [0.4, 0.5) is 0 Å². The smallest absolute Gasteiger partial charge is 0.253 e. The van der Waals surface area contributed by atoms with E-state index in [0.717, 1.165) is 16.3 Å². The second kappa shape index (κ2) is 6.03. The van der Waals surface area contributed by atoms with Gasteiger partial charge in [-0.15, -0.1) is 0 Å². The standard InChI is InChI=1S/C17H16N4O3S/c1-9-4-15(21-17(20-9)18-8-19-21)25-14-6-10-5-12(23-2)13(24-3)7-11(10)16(14)22/h4-5,7-8,14H,6H2,1-3H3/t14-/m1/s1. The summed E-state index contributed by atoms with van der Waals surface area (Å²) in [5, 5.41) is 4.83. The minimum absolute atomic E-state index is 0.0867. The zero-order chi connectivity index (χ0) is 17.6. The lowest BCUT2D eigenvalue weighted by Gasteiger charge is -2.09. The van der Waals surface area contributed by atoms with E-state index < -0.39 is 0 Å². The van der Waals surface area contributed by atoms with Crippen LogP contribution in [0.1, 0.15) is 21.6 Å². The summed E-state index contributed by atoms with van der Waals surface area (Å²) >= 11 is 1.48. The van der Waals surface area contributed by atoms with E-state index in [1.54, 1.807) is 24.8 Å². The number of aromatic nitrogens is 4. The summed E-state index contributed by atoms with van der Waals surface area (Å²) in [4.78, 5) is 21.3. The third kappa shape index (κ3) is 2.62. The number of fused-ring (bicyclic) bond motifs is 2. The van der Waals surface area contributed by atoms with Crippen LogP contribution in [0.3, 0.4) is 0 Å². The molecule has 0 saturated carbocycles. The average molecular weight is 356 g/mol. The Balaban J connectivity index is 1.68. The monoisotopic (exact) mass is 356 g/mol. The van der Waals surface area contributed by atoms with Gasteiger partial charge in [0.1, 0.15) is 11.4 Å². The SMILES string of the molecule is COc1cc2c(cc1OC)C(=O)[C@H](Sc1cc(C)nc3ncnn13)C2. The fourth-order valence-electron chi connectivity index (χ4n) is 3.01. The number of carbonyl (C=O) groups is 1. The van der Waals surface area contributed by atoms with Crippen LogP contribution < -0.4 is 9.47 Å². The molecule has 0 unspecified atom stereocenters. The van der Waals surface area contributed by atoms with Crippen LogP contribution in [0.2, 0.25) is 0 Å². The molecule has 7 nitrogen and oxygen atoms in total. The van der Waals surface area contributed by atoms with Crippen molar-refractivity contribution in [2.24, 2.45) is 0 Å². The number of ether oxygens (including phenoxy) is 2. The fourth-order valence-corrected chi connectivity index (χ4v) is 4.26. The summed E-state index contributed by atoms with van der Waals surface area (Å²) in [5.41, 5.74) is 2.51. The number of aryl methyl sites for hydroxylation is 1. The van der Waals surface area contributed by atoms with Crippen LogP contribution in [-0.2, 0) is 6.42 Å². The first-order valence-electron chi connectivity index (χ1n) is 7.74. The molecule has 2 heterocycles.